The highest BCUT2D eigenvalue weighted by molar-refractivity contribution is 5.76. The maximum atomic E-state index is 11.4. The van der Waals surface area contributed by atoms with E-state index in [-0.39, 0.29) is 5.91 Å². The van der Waals surface area contributed by atoms with Crippen molar-refractivity contribution in [3.05, 3.63) is 0 Å². The SMILES string of the molecule is C#CCCC(=O)N1CCCCC1. The number of hydrogen-bond acceptors (Lipinski definition) is 1. The first-order chi connectivity index (χ1) is 5.84. The second-order valence-electron chi connectivity index (χ2n) is 3.15. The molecule has 1 amide bonds. The number of amides is 1. The zero-order valence-corrected chi connectivity index (χ0v) is 7.38. The van der Waals surface area contributed by atoms with E-state index in [1.54, 1.807) is 0 Å². The molecule has 0 saturated carbocycles. The van der Waals surface area contributed by atoms with E-state index in [0.717, 1.165) is 25.9 Å². The average Bonchev–Trinajstić information content (AvgIpc) is 2.15. The van der Waals surface area contributed by atoms with Gasteiger partial charge < -0.3 is 4.90 Å². The van der Waals surface area contributed by atoms with Gasteiger partial charge in [-0.25, -0.2) is 0 Å². The van der Waals surface area contributed by atoms with Crippen LogP contribution in [-0.4, -0.2) is 23.9 Å². The summed E-state index contributed by atoms with van der Waals surface area (Å²) >= 11 is 0. The summed E-state index contributed by atoms with van der Waals surface area (Å²) < 4.78 is 0. The third-order valence-electron chi connectivity index (χ3n) is 2.19. The highest BCUT2D eigenvalue weighted by Gasteiger charge is 2.14. The van der Waals surface area contributed by atoms with E-state index in [1.807, 2.05) is 4.90 Å². The van der Waals surface area contributed by atoms with Crippen molar-refractivity contribution in [3.8, 4) is 12.3 Å². The molecule has 0 radical (unpaired) electrons. The van der Waals surface area contributed by atoms with Gasteiger partial charge in [0.1, 0.15) is 0 Å². The molecular weight excluding hydrogens is 150 g/mol. The number of nitrogens with zero attached hydrogens (tertiary/aromatic N) is 1. The number of piperidine rings is 1. The van der Waals surface area contributed by atoms with Crippen LogP contribution in [0, 0.1) is 12.3 Å². The predicted octanol–water partition coefficient (Wildman–Crippen LogP) is 1.41. The summed E-state index contributed by atoms with van der Waals surface area (Å²) in [6.07, 6.45) is 9.76. The molecule has 2 heteroatoms. The minimum absolute atomic E-state index is 0.229. The highest BCUT2D eigenvalue weighted by Crippen LogP contribution is 2.10. The molecule has 66 valence electrons. The average molecular weight is 165 g/mol. The van der Waals surface area contributed by atoms with Crippen LogP contribution in [0.1, 0.15) is 32.1 Å². The van der Waals surface area contributed by atoms with E-state index in [0.29, 0.717) is 12.8 Å². The van der Waals surface area contributed by atoms with E-state index in [9.17, 15) is 4.79 Å². The lowest BCUT2D eigenvalue weighted by atomic mass is 10.1. The summed E-state index contributed by atoms with van der Waals surface area (Å²) in [6.45, 7) is 1.87. The van der Waals surface area contributed by atoms with Gasteiger partial charge in [-0.3, -0.25) is 4.79 Å². The van der Waals surface area contributed by atoms with E-state index in [4.69, 9.17) is 6.42 Å². The Balaban J connectivity index is 2.26. The fourth-order valence-corrected chi connectivity index (χ4v) is 1.48. The standard InChI is InChI=1S/C10H15NO/c1-2-3-7-10(12)11-8-5-4-6-9-11/h1H,3-9H2. The van der Waals surface area contributed by atoms with Gasteiger partial charge in [0.2, 0.25) is 5.91 Å². The number of likely N-dealkylation sites (tertiary alicyclic amines) is 1. The Morgan fingerprint density at radius 2 is 2.00 bits per heavy atom. The van der Waals surface area contributed by atoms with Gasteiger partial charge in [0.15, 0.2) is 0 Å². The number of carbonyl (C=O) groups excluding carboxylic acids is 1. The van der Waals surface area contributed by atoms with Crippen LogP contribution >= 0.6 is 0 Å². The molecule has 0 atom stereocenters. The van der Waals surface area contributed by atoms with E-state index < -0.39 is 0 Å². The van der Waals surface area contributed by atoms with Crippen LogP contribution in [0.5, 0.6) is 0 Å². The number of hydrogen-bond donors (Lipinski definition) is 0. The lowest BCUT2D eigenvalue weighted by molar-refractivity contribution is -0.131. The molecule has 1 aliphatic rings. The molecule has 1 aliphatic heterocycles. The first-order valence-electron chi connectivity index (χ1n) is 4.56. The van der Waals surface area contributed by atoms with Gasteiger partial charge in [-0.2, -0.15) is 0 Å². The first kappa shape index (κ1) is 9.12. The van der Waals surface area contributed by atoms with Gasteiger partial charge in [-0.15, -0.1) is 12.3 Å². The molecule has 1 saturated heterocycles. The van der Waals surface area contributed by atoms with Crippen molar-refractivity contribution in [2.45, 2.75) is 32.1 Å². The van der Waals surface area contributed by atoms with E-state index in [2.05, 4.69) is 5.92 Å². The van der Waals surface area contributed by atoms with E-state index in [1.165, 1.54) is 6.42 Å². The molecule has 0 aromatic rings. The summed E-state index contributed by atoms with van der Waals surface area (Å²) in [5, 5.41) is 0. The summed E-state index contributed by atoms with van der Waals surface area (Å²) in [5.74, 6) is 2.72. The normalized spacial score (nSPS) is 17.1. The molecule has 0 aromatic carbocycles. The topological polar surface area (TPSA) is 20.3 Å². The lowest BCUT2D eigenvalue weighted by Crippen LogP contribution is -2.35. The van der Waals surface area contributed by atoms with Crippen molar-refractivity contribution in [1.29, 1.82) is 0 Å². The quantitative estimate of drug-likeness (QED) is 0.566. The molecule has 0 spiro atoms. The minimum Gasteiger partial charge on any atom is -0.343 e. The first-order valence-corrected chi connectivity index (χ1v) is 4.56. The number of carbonyl (C=O) groups is 1. The summed E-state index contributed by atoms with van der Waals surface area (Å²) in [4.78, 5) is 13.3. The molecule has 1 rings (SSSR count). The second-order valence-corrected chi connectivity index (χ2v) is 3.15. The molecule has 12 heavy (non-hydrogen) atoms. The molecule has 0 aromatic heterocycles. The Hall–Kier alpha value is -0.970. The molecule has 1 heterocycles. The molecule has 0 aliphatic carbocycles. The monoisotopic (exact) mass is 165 g/mol. The Kier molecular flexibility index (Phi) is 3.66. The Bertz CT molecular complexity index is 187. The molecule has 0 bridgehead atoms. The maximum Gasteiger partial charge on any atom is 0.223 e. The summed E-state index contributed by atoms with van der Waals surface area (Å²) in [7, 11) is 0. The second kappa shape index (κ2) is 4.82. The third-order valence-corrected chi connectivity index (χ3v) is 2.19. The van der Waals surface area contributed by atoms with Crippen LogP contribution in [0.2, 0.25) is 0 Å². The summed E-state index contributed by atoms with van der Waals surface area (Å²) in [5.41, 5.74) is 0. The minimum atomic E-state index is 0.229. The molecule has 0 unspecified atom stereocenters. The van der Waals surface area contributed by atoms with Gasteiger partial charge in [0, 0.05) is 25.9 Å². The zero-order chi connectivity index (χ0) is 8.81. The van der Waals surface area contributed by atoms with Crippen LogP contribution in [0.15, 0.2) is 0 Å². The third kappa shape index (κ3) is 2.58. The number of terminal acetylenes is 1. The van der Waals surface area contributed by atoms with Gasteiger partial charge in [-0.1, -0.05) is 0 Å². The van der Waals surface area contributed by atoms with Gasteiger partial charge in [0.25, 0.3) is 0 Å². The van der Waals surface area contributed by atoms with Crippen LogP contribution in [-0.2, 0) is 4.79 Å². The predicted molar refractivity (Wildman–Crippen MR) is 48.5 cm³/mol. The molecule has 2 nitrogen and oxygen atoms in total. The fraction of sp³-hybridized carbons (Fsp3) is 0.700. The van der Waals surface area contributed by atoms with Crippen molar-refractivity contribution in [1.82, 2.24) is 4.90 Å². The molecule has 1 fully saturated rings. The summed E-state index contributed by atoms with van der Waals surface area (Å²) in [6, 6.07) is 0. The van der Waals surface area contributed by atoms with Crippen LogP contribution in [0.4, 0.5) is 0 Å². The van der Waals surface area contributed by atoms with Crippen LogP contribution in [0.3, 0.4) is 0 Å². The fourth-order valence-electron chi connectivity index (χ4n) is 1.48. The van der Waals surface area contributed by atoms with Crippen LogP contribution < -0.4 is 0 Å². The Labute approximate surface area is 73.9 Å². The Morgan fingerprint density at radius 3 is 2.58 bits per heavy atom. The van der Waals surface area contributed by atoms with Crippen molar-refractivity contribution < 1.29 is 4.79 Å². The van der Waals surface area contributed by atoms with Crippen molar-refractivity contribution in [3.63, 3.8) is 0 Å². The van der Waals surface area contributed by atoms with Crippen molar-refractivity contribution >= 4 is 5.91 Å². The number of rotatable bonds is 2. The largest absolute Gasteiger partial charge is 0.343 e. The molecule has 0 N–H and O–H groups in total. The maximum absolute atomic E-state index is 11.4. The highest BCUT2D eigenvalue weighted by atomic mass is 16.2. The van der Waals surface area contributed by atoms with Crippen molar-refractivity contribution in [2.24, 2.45) is 0 Å². The van der Waals surface area contributed by atoms with Crippen LogP contribution in [0.25, 0.3) is 0 Å². The Morgan fingerprint density at radius 1 is 1.33 bits per heavy atom. The van der Waals surface area contributed by atoms with E-state index >= 15 is 0 Å². The lowest BCUT2D eigenvalue weighted by Gasteiger charge is -2.26. The smallest absolute Gasteiger partial charge is 0.223 e. The van der Waals surface area contributed by atoms with Gasteiger partial charge in [0.05, 0.1) is 0 Å². The van der Waals surface area contributed by atoms with Gasteiger partial charge >= 0.3 is 0 Å². The zero-order valence-electron chi connectivity index (χ0n) is 7.38. The van der Waals surface area contributed by atoms with Gasteiger partial charge in [-0.05, 0) is 19.3 Å². The van der Waals surface area contributed by atoms with Crippen molar-refractivity contribution in [2.75, 3.05) is 13.1 Å². The molecular formula is C10H15NO.